The number of hydrogen-bond acceptors (Lipinski definition) is 2. The fraction of sp³-hybridized carbons (Fsp3) is 0.923. The van der Waals surface area contributed by atoms with Gasteiger partial charge in [0.15, 0.2) is 0 Å². The number of carbonyl (C=O) groups excluding carboxylic acids is 1. The van der Waals surface area contributed by atoms with Crippen molar-refractivity contribution < 1.29 is 9.53 Å². The molecule has 1 aliphatic heterocycles. The van der Waals surface area contributed by atoms with Crippen LogP contribution in [-0.4, -0.2) is 29.2 Å². The minimum absolute atomic E-state index is 0.151. The molecular weight excluding hydrogens is 202 g/mol. The lowest BCUT2D eigenvalue weighted by Crippen LogP contribution is -2.39. The predicted molar refractivity (Wildman–Crippen MR) is 67.6 cm³/mol. The fourth-order valence-corrected chi connectivity index (χ4v) is 1.82. The molecule has 0 N–H and O–H groups in total. The highest BCUT2D eigenvalue weighted by molar-refractivity contribution is 5.68. The second kappa shape index (κ2) is 6.77. The summed E-state index contributed by atoms with van der Waals surface area (Å²) in [4.78, 5) is 13.6. The van der Waals surface area contributed by atoms with Gasteiger partial charge in [0.1, 0.15) is 5.60 Å². The van der Waals surface area contributed by atoms with Gasteiger partial charge >= 0.3 is 6.09 Å². The molecule has 0 saturated carbocycles. The van der Waals surface area contributed by atoms with Crippen LogP contribution in [0.5, 0.6) is 0 Å². The van der Waals surface area contributed by atoms with Crippen molar-refractivity contribution >= 4 is 6.09 Å². The third-order valence-corrected chi connectivity index (χ3v) is 2.48. The monoisotopic (exact) mass is 229 g/mol. The first-order valence-electron chi connectivity index (χ1n) is 6.43. The SMILES string of the molecule is CC.CCC1CCCN1C(=O)OC(C)(C)C. The zero-order valence-corrected chi connectivity index (χ0v) is 11.7. The van der Waals surface area contributed by atoms with Gasteiger partial charge in [0.25, 0.3) is 0 Å². The standard InChI is InChI=1S/C11H21NO2.C2H6/c1-5-9-7-6-8-12(9)10(13)14-11(2,3)4;1-2/h9H,5-8H2,1-4H3;1-2H3. The van der Waals surface area contributed by atoms with Gasteiger partial charge in [0.2, 0.25) is 0 Å². The van der Waals surface area contributed by atoms with Crippen LogP contribution in [0.2, 0.25) is 0 Å². The third-order valence-electron chi connectivity index (χ3n) is 2.48. The number of rotatable bonds is 1. The smallest absolute Gasteiger partial charge is 0.410 e. The second-order valence-electron chi connectivity index (χ2n) is 4.88. The zero-order chi connectivity index (χ0) is 12.8. The molecule has 1 heterocycles. The van der Waals surface area contributed by atoms with Gasteiger partial charge in [-0.1, -0.05) is 20.8 Å². The molecular formula is C13H27NO2. The van der Waals surface area contributed by atoms with Gasteiger partial charge in [-0.3, -0.25) is 0 Å². The lowest BCUT2D eigenvalue weighted by molar-refractivity contribution is 0.0224. The van der Waals surface area contributed by atoms with Crippen molar-refractivity contribution in [3.8, 4) is 0 Å². The first-order valence-corrected chi connectivity index (χ1v) is 6.43. The number of amides is 1. The first-order chi connectivity index (χ1) is 7.44. The maximum absolute atomic E-state index is 11.7. The Morgan fingerprint density at radius 1 is 1.38 bits per heavy atom. The van der Waals surface area contributed by atoms with Crippen molar-refractivity contribution in [2.45, 2.75) is 72.4 Å². The summed E-state index contributed by atoms with van der Waals surface area (Å²) in [7, 11) is 0. The lowest BCUT2D eigenvalue weighted by atomic mass is 10.2. The molecule has 0 aromatic carbocycles. The summed E-state index contributed by atoms with van der Waals surface area (Å²) in [5.41, 5.74) is -0.377. The Morgan fingerprint density at radius 2 is 1.94 bits per heavy atom. The summed E-state index contributed by atoms with van der Waals surface area (Å²) in [6.07, 6.45) is 3.11. The average molecular weight is 229 g/mol. The normalized spacial score (nSPS) is 20.1. The van der Waals surface area contributed by atoms with E-state index in [-0.39, 0.29) is 11.7 Å². The van der Waals surface area contributed by atoms with Crippen molar-refractivity contribution in [1.82, 2.24) is 4.90 Å². The molecule has 0 spiro atoms. The summed E-state index contributed by atoms with van der Waals surface area (Å²) in [6.45, 7) is 12.7. The lowest BCUT2D eigenvalue weighted by Gasteiger charge is -2.28. The van der Waals surface area contributed by atoms with Gasteiger partial charge in [0.05, 0.1) is 0 Å². The van der Waals surface area contributed by atoms with Crippen LogP contribution in [0.25, 0.3) is 0 Å². The van der Waals surface area contributed by atoms with Gasteiger partial charge in [-0.15, -0.1) is 0 Å². The molecule has 1 rings (SSSR count). The van der Waals surface area contributed by atoms with E-state index < -0.39 is 0 Å². The van der Waals surface area contributed by atoms with E-state index in [0.29, 0.717) is 6.04 Å². The topological polar surface area (TPSA) is 29.5 Å². The van der Waals surface area contributed by atoms with Crippen LogP contribution >= 0.6 is 0 Å². The number of hydrogen-bond donors (Lipinski definition) is 0. The fourth-order valence-electron chi connectivity index (χ4n) is 1.82. The van der Waals surface area contributed by atoms with Gasteiger partial charge in [-0.2, -0.15) is 0 Å². The molecule has 3 heteroatoms. The highest BCUT2D eigenvalue weighted by Crippen LogP contribution is 2.22. The van der Waals surface area contributed by atoms with E-state index in [1.807, 2.05) is 39.5 Å². The van der Waals surface area contributed by atoms with E-state index in [4.69, 9.17) is 4.74 Å². The molecule has 0 aromatic rings. The Kier molecular flexibility index (Phi) is 6.46. The van der Waals surface area contributed by atoms with Crippen LogP contribution in [0, 0.1) is 0 Å². The quantitative estimate of drug-likeness (QED) is 0.684. The number of ether oxygens (including phenoxy) is 1. The van der Waals surface area contributed by atoms with E-state index in [9.17, 15) is 4.79 Å². The maximum Gasteiger partial charge on any atom is 0.410 e. The van der Waals surface area contributed by atoms with Gasteiger partial charge in [-0.05, 0) is 40.0 Å². The van der Waals surface area contributed by atoms with Crippen LogP contribution < -0.4 is 0 Å². The average Bonchev–Trinajstić information content (AvgIpc) is 2.66. The highest BCUT2D eigenvalue weighted by atomic mass is 16.6. The Labute approximate surface area is 100 Å². The molecule has 0 radical (unpaired) electrons. The number of carbonyl (C=O) groups is 1. The van der Waals surface area contributed by atoms with Crippen molar-refractivity contribution in [3.05, 3.63) is 0 Å². The second-order valence-corrected chi connectivity index (χ2v) is 4.88. The Balaban J connectivity index is 0.00000106. The van der Waals surface area contributed by atoms with Crippen LogP contribution in [0.15, 0.2) is 0 Å². The van der Waals surface area contributed by atoms with E-state index >= 15 is 0 Å². The zero-order valence-electron chi connectivity index (χ0n) is 11.7. The molecule has 0 aliphatic carbocycles. The molecule has 1 saturated heterocycles. The van der Waals surface area contributed by atoms with Crippen molar-refractivity contribution in [2.75, 3.05) is 6.54 Å². The van der Waals surface area contributed by atoms with Crippen molar-refractivity contribution in [3.63, 3.8) is 0 Å². The minimum atomic E-state index is -0.377. The Hall–Kier alpha value is -0.730. The molecule has 16 heavy (non-hydrogen) atoms. The number of nitrogens with zero attached hydrogens (tertiary/aromatic N) is 1. The molecule has 0 bridgehead atoms. The van der Waals surface area contributed by atoms with Crippen molar-refractivity contribution in [1.29, 1.82) is 0 Å². The Morgan fingerprint density at radius 3 is 2.38 bits per heavy atom. The summed E-state index contributed by atoms with van der Waals surface area (Å²) in [5, 5.41) is 0. The van der Waals surface area contributed by atoms with Crippen LogP contribution in [0.1, 0.15) is 60.8 Å². The third kappa shape index (κ3) is 4.86. The maximum atomic E-state index is 11.7. The summed E-state index contributed by atoms with van der Waals surface area (Å²) in [5.74, 6) is 0. The molecule has 0 aromatic heterocycles. The molecule has 96 valence electrons. The largest absolute Gasteiger partial charge is 0.444 e. The number of likely N-dealkylation sites (tertiary alicyclic amines) is 1. The van der Waals surface area contributed by atoms with Crippen LogP contribution in [-0.2, 0) is 4.74 Å². The molecule has 1 amide bonds. The molecule has 1 unspecified atom stereocenters. The molecule has 3 nitrogen and oxygen atoms in total. The van der Waals surface area contributed by atoms with Crippen LogP contribution in [0.4, 0.5) is 4.79 Å². The molecule has 1 atom stereocenters. The van der Waals surface area contributed by atoms with Crippen molar-refractivity contribution in [2.24, 2.45) is 0 Å². The van der Waals surface area contributed by atoms with E-state index in [1.165, 1.54) is 0 Å². The minimum Gasteiger partial charge on any atom is -0.444 e. The van der Waals surface area contributed by atoms with Gasteiger partial charge in [-0.25, -0.2) is 4.79 Å². The molecule has 1 aliphatic rings. The highest BCUT2D eigenvalue weighted by Gasteiger charge is 2.30. The van der Waals surface area contributed by atoms with E-state index in [1.54, 1.807) is 0 Å². The van der Waals surface area contributed by atoms with Gasteiger partial charge in [0, 0.05) is 12.6 Å². The van der Waals surface area contributed by atoms with Crippen LogP contribution in [0.3, 0.4) is 0 Å². The van der Waals surface area contributed by atoms with E-state index in [2.05, 4.69) is 6.92 Å². The Bertz CT molecular complexity index is 208. The molecule has 1 fully saturated rings. The summed E-state index contributed by atoms with van der Waals surface area (Å²) in [6, 6.07) is 0.393. The summed E-state index contributed by atoms with van der Waals surface area (Å²) >= 11 is 0. The predicted octanol–water partition coefficient (Wildman–Crippen LogP) is 3.82. The summed E-state index contributed by atoms with van der Waals surface area (Å²) < 4.78 is 5.34. The van der Waals surface area contributed by atoms with Gasteiger partial charge < -0.3 is 9.64 Å². The first kappa shape index (κ1) is 15.3. The van der Waals surface area contributed by atoms with E-state index in [0.717, 1.165) is 25.8 Å².